The lowest BCUT2D eigenvalue weighted by molar-refractivity contribution is -0.269. The molecule has 5 rings (SSSR count). The summed E-state index contributed by atoms with van der Waals surface area (Å²) in [5, 5.41) is 0. The van der Waals surface area contributed by atoms with Crippen LogP contribution in [0.3, 0.4) is 0 Å². The van der Waals surface area contributed by atoms with Gasteiger partial charge in [0.1, 0.15) is 6.10 Å². The van der Waals surface area contributed by atoms with Crippen molar-refractivity contribution in [2.75, 3.05) is 13.2 Å². The van der Waals surface area contributed by atoms with E-state index in [4.69, 9.17) is 19.9 Å². The number of carbonyl (C=O) groups is 1. The largest absolute Gasteiger partial charge is 0.463 e. The Morgan fingerprint density at radius 2 is 1.97 bits per heavy atom. The van der Waals surface area contributed by atoms with Crippen molar-refractivity contribution in [3.05, 3.63) is 11.1 Å². The highest BCUT2D eigenvalue weighted by atomic mass is 16.7. The Kier molecular flexibility index (Phi) is 6.70. The van der Waals surface area contributed by atoms with Crippen molar-refractivity contribution in [3.63, 3.8) is 0 Å². The van der Waals surface area contributed by atoms with Crippen molar-refractivity contribution in [1.29, 1.82) is 0 Å². The molecule has 2 N–H and O–H groups in total. The van der Waals surface area contributed by atoms with E-state index in [9.17, 15) is 4.79 Å². The maximum atomic E-state index is 11.6. The monoisotopic (exact) mass is 473 g/mol. The topological polar surface area (TPSA) is 70.8 Å². The van der Waals surface area contributed by atoms with Crippen LogP contribution < -0.4 is 5.73 Å². The van der Waals surface area contributed by atoms with Crippen LogP contribution >= 0.6 is 0 Å². The van der Waals surface area contributed by atoms with E-state index < -0.39 is 0 Å². The molecule has 5 nitrogen and oxygen atoms in total. The first-order valence-corrected chi connectivity index (χ1v) is 14.1. The summed E-state index contributed by atoms with van der Waals surface area (Å²) in [5.41, 5.74) is 9.78. The van der Waals surface area contributed by atoms with Gasteiger partial charge in [-0.3, -0.25) is 4.79 Å². The van der Waals surface area contributed by atoms with Crippen LogP contribution in [0.4, 0.5) is 0 Å². The molecule has 34 heavy (non-hydrogen) atoms. The zero-order chi connectivity index (χ0) is 24.3. The summed E-state index contributed by atoms with van der Waals surface area (Å²) in [5.74, 6) is 2.89. The molecule has 0 bridgehead atoms. The summed E-state index contributed by atoms with van der Waals surface area (Å²) >= 11 is 0. The first-order chi connectivity index (χ1) is 16.2. The smallest absolute Gasteiger partial charge is 0.302 e. The van der Waals surface area contributed by atoms with Gasteiger partial charge in [-0.25, -0.2) is 0 Å². The van der Waals surface area contributed by atoms with Crippen LogP contribution in [0.5, 0.6) is 0 Å². The number of hydrogen-bond donors (Lipinski definition) is 1. The molecule has 2 saturated heterocycles. The van der Waals surface area contributed by atoms with Gasteiger partial charge in [0.2, 0.25) is 0 Å². The van der Waals surface area contributed by atoms with Gasteiger partial charge in [0.15, 0.2) is 5.79 Å². The van der Waals surface area contributed by atoms with Gasteiger partial charge in [-0.15, -0.1) is 0 Å². The van der Waals surface area contributed by atoms with Crippen LogP contribution in [0.1, 0.15) is 92.4 Å². The molecule has 4 fully saturated rings. The van der Waals surface area contributed by atoms with Crippen LogP contribution in [0.2, 0.25) is 0 Å². The van der Waals surface area contributed by atoms with Crippen molar-refractivity contribution >= 4 is 5.97 Å². The van der Waals surface area contributed by atoms with Crippen LogP contribution in [-0.2, 0) is 19.0 Å². The molecule has 2 saturated carbocycles. The Bertz CT molecular complexity index is 815. The van der Waals surface area contributed by atoms with Gasteiger partial charge in [0, 0.05) is 25.2 Å². The van der Waals surface area contributed by atoms with Crippen LogP contribution in [0.15, 0.2) is 11.1 Å². The summed E-state index contributed by atoms with van der Waals surface area (Å²) in [4.78, 5) is 11.6. The average molecular weight is 474 g/mol. The third kappa shape index (κ3) is 3.98. The van der Waals surface area contributed by atoms with E-state index in [0.29, 0.717) is 35.5 Å². The molecule has 5 heteroatoms. The predicted octanol–water partition coefficient (Wildman–Crippen LogP) is 5.61. The van der Waals surface area contributed by atoms with E-state index in [-0.39, 0.29) is 29.4 Å². The lowest BCUT2D eigenvalue weighted by atomic mass is 9.50. The Labute approximate surface area is 206 Å². The first kappa shape index (κ1) is 24.8. The fourth-order valence-electron chi connectivity index (χ4n) is 9.06. The van der Waals surface area contributed by atoms with Crippen molar-refractivity contribution in [1.82, 2.24) is 0 Å². The minimum absolute atomic E-state index is 0.0982. The molecule has 192 valence electrons. The molecule has 0 radical (unpaired) electrons. The molecule has 2 heterocycles. The van der Waals surface area contributed by atoms with Crippen molar-refractivity contribution < 1.29 is 19.0 Å². The quantitative estimate of drug-likeness (QED) is 0.424. The molecule has 5 aliphatic rings. The van der Waals surface area contributed by atoms with Crippen LogP contribution in [0.25, 0.3) is 0 Å². The minimum atomic E-state index is -0.357. The molecule has 3 aliphatic carbocycles. The van der Waals surface area contributed by atoms with Gasteiger partial charge in [-0.1, -0.05) is 31.9 Å². The lowest BCUT2D eigenvalue weighted by Crippen LogP contribution is -2.49. The summed E-state index contributed by atoms with van der Waals surface area (Å²) in [6.45, 7) is 12.7. The third-order valence-electron chi connectivity index (χ3n) is 10.9. The Morgan fingerprint density at radius 1 is 1.18 bits per heavy atom. The van der Waals surface area contributed by atoms with Gasteiger partial charge in [-0.05, 0) is 93.9 Å². The second kappa shape index (κ2) is 9.19. The van der Waals surface area contributed by atoms with Gasteiger partial charge in [-0.2, -0.15) is 0 Å². The highest BCUT2D eigenvalue weighted by molar-refractivity contribution is 5.66. The maximum Gasteiger partial charge on any atom is 0.302 e. The van der Waals surface area contributed by atoms with Gasteiger partial charge in [0.25, 0.3) is 0 Å². The number of fused-ring (bicyclic) bond motifs is 2. The molecule has 2 aliphatic heterocycles. The Balaban J connectivity index is 1.36. The number of nitrogens with two attached hydrogens (primary N) is 1. The fraction of sp³-hybridized carbons (Fsp3) is 0.897. The molecule has 10 atom stereocenters. The number of rotatable bonds is 4. The summed E-state index contributed by atoms with van der Waals surface area (Å²) < 4.78 is 18.9. The molecular formula is C29H47NO4. The highest BCUT2D eigenvalue weighted by Gasteiger charge is 2.59. The standard InChI is InChI=1S/C29H47NO4/c1-17-8-12-29(32-16-17)19(3)27-18(2)24(15-26(27)34-29)23-7-6-21-14-22(33-20(4)31)9-11-28(21,5)25(23)10-13-30/h17,19,21-23,25-27H,6-16,30H2,1-5H3/t17-,19+,21+,22+,23+,25+,26+,27+,28+,29-/m1/s1. The van der Waals surface area contributed by atoms with Crippen molar-refractivity contribution in [2.45, 2.75) is 110 Å². The maximum absolute atomic E-state index is 11.6. The second-order valence-electron chi connectivity index (χ2n) is 12.7. The van der Waals surface area contributed by atoms with E-state index in [1.807, 2.05) is 0 Å². The lowest BCUT2D eigenvalue weighted by Gasteiger charge is -2.55. The van der Waals surface area contributed by atoms with E-state index in [1.165, 1.54) is 19.3 Å². The molecule has 1 spiro atoms. The van der Waals surface area contributed by atoms with E-state index >= 15 is 0 Å². The summed E-state index contributed by atoms with van der Waals surface area (Å²) in [6, 6.07) is 0. The second-order valence-corrected chi connectivity index (χ2v) is 12.7. The normalized spacial score (nSPS) is 48.6. The zero-order valence-corrected chi connectivity index (χ0v) is 22.1. The van der Waals surface area contributed by atoms with Crippen LogP contribution in [-0.4, -0.2) is 37.1 Å². The molecular weight excluding hydrogens is 426 g/mol. The highest BCUT2D eigenvalue weighted by Crippen LogP contribution is 2.62. The number of carbonyl (C=O) groups excluding carboxylic acids is 1. The molecule has 0 aromatic heterocycles. The fourth-order valence-corrected chi connectivity index (χ4v) is 9.06. The van der Waals surface area contributed by atoms with Crippen molar-refractivity contribution in [3.8, 4) is 0 Å². The van der Waals surface area contributed by atoms with Crippen LogP contribution in [0, 0.1) is 40.9 Å². The summed E-state index contributed by atoms with van der Waals surface area (Å²) in [7, 11) is 0. The zero-order valence-electron chi connectivity index (χ0n) is 22.1. The number of esters is 1. The molecule has 0 aromatic rings. The SMILES string of the molecule is CC(=O)O[C@H]1CC[C@@]2(C)[C@@H](CC[C@@H](C3=C(C)[C@@H]4[C@H](C3)O[C@]3(CC[C@@H](C)CO3)[C@H]4C)[C@@H]2CCN)C1. The molecule has 0 aromatic carbocycles. The molecule has 0 amide bonds. The van der Waals surface area contributed by atoms with E-state index in [2.05, 4.69) is 27.7 Å². The van der Waals surface area contributed by atoms with Gasteiger partial charge < -0.3 is 19.9 Å². The van der Waals surface area contributed by atoms with Gasteiger partial charge >= 0.3 is 5.97 Å². The summed E-state index contributed by atoms with van der Waals surface area (Å²) in [6.07, 6.45) is 10.4. The molecule has 0 unspecified atom stereocenters. The predicted molar refractivity (Wildman–Crippen MR) is 133 cm³/mol. The van der Waals surface area contributed by atoms with Crippen molar-refractivity contribution in [2.24, 2.45) is 46.7 Å². The average Bonchev–Trinajstić information content (AvgIpc) is 3.24. The first-order valence-electron chi connectivity index (χ1n) is 14.1. The third-order valence-corrected chi connectivity index (χ3v) is 10.9. The number of ether oxygens (including phenoxy) is 3. The van der Waals surface area contributed by atoms with E-state index in [1.54, 1.807) is 18.1 Å². The number of hydrogen-bond acceptors (Lipinski definition) is 5. The Morgan fingerprint density at radius 3 is 2.62 bits per heavy atom. The van der Waals surface area contributed by atoms with Gasteiger partial charge in [0.05, 0.1) is 12.7 Å². The Hall–Kier alpha value is -0.910. The van der Waals surface area contributed by atoms with E-state index in [0.717, 1.165) is 51.7 Å². The minimum Gasteiger partial charge on any atom is -0.463 e.